The molecule has 2 aromatic rings. The fourth-order valence-corrected chi connectivity index (χ4v) is 3.13. The standard InChI is InChI=1S/C19H18N2O4/c1-12-3-6-15(7-4-12)21-13(2)18(22)20(19(21)23)10-14-5-8-16-17(9-14)25-11-24-16/h3-9,13H,10-11H2,1-2H3/t13-/m0/s1. The number of hydrogen-bond donors (Lipinski definition) is 0. The van der Waals surface area contributed by atoms with Crippen molar-refractivity contribution >= 4 is 17.6 Å². The number of aryl methyl sites for hydroxylation is 1. The molecule has 0 radical (unpaired) electrons. The van der Waals surface area contributed by atoms with Gasteiger partial charge in [0.1, 0.15) is 6.04 Å². The summed E-state index contributed by atoms with van der Waals surface area (Å²) in [5.74, 6) is 1.11. The maximum absolute atomic E-state index is 12.8. The lowest BCUT2D eigenvalue weighted by atomic mass is 10.2. The van der Waals surface area contributed by atoms with E-state index in [0.29, 0.717) is 11.5 Å². The Morgan fingerprint density at radius 1 is 1.04 bits per heavy atom. The molecule has 0 bridgehead atoms. The van der Waals surface area contributed by atoms with Crippen molar-refractivity contribution in [2.45, 2.75) is 26.4 Å². The van der Waals surface area contributed by atoms with E-state index < -0.39 is 6.04 Å². The molecule has 0 spiro atoms. The van der Waals surface area contributed by atoms with Crippen molar-refractivity contribution in [2.24, 2.45) is 0 Å². The monoisotopic (exact) mass is 338 g/mol. The smallest absolute Gasteiger partial charge is 0.332 e. The van der Waals surface area contributed by atoms with Crippen LogP contribution in [0.3, 0.4) is 0 Å². The summed E-state index contributed by atoms with van der Waals surface area (Å²) in [6.07, 6.45) is 0. The van der Waals surface area contributed by atoms with E-state index in [9.17, 15) is 9.59 Å². The number of benzene rings is 2. The molecule has 0 N–H and O–H groups in total. The third-order valence-corrected chi connectivity index (χ3v) is 4.54. The molecule has 6 nitrogen and oxygen atoms in total. The summed E-state index contributed by atoms with van der Waals surface area (Å²) in [6, 6.07) is 12.2. The Kier molecular flexibility index (Phi) is 3.60. The number of imide groups is 1. The van der Waals surface area contributed by atoms with Gasteiger partial charge in [-0.15, -0.1) is 0 Å². The average molecular weight is 338 g/mol. The molecular formula is C19H18N2O4. The van der Waals surface area contributed by atoms with Gasteiger partial charge in [-0.3, -0.25) is 14.6 Å². The molecule has 2 aliphatic rings. The van der Waals surface area contributed by atoms with Gasteiger partial charge in [0.2, 0.25) is 6.79 Å². The van der Waals surface area contributed by atoms with E-state index in [1.807, 2.05) is 43.3 Å². The van der Waals surface area contributed by atoms with Gasteiger partial charge in [0.05, 0.1) is 6.54 Å². The van der Waals surface area contributed by atoms with Crippen molar-refractivity contribution < 1.29 is 19.1 Å². The number of carbonyl (C=O) groups is 2. The second-order valence-electron chi connectivity index (χ2n) is 6.28. The molecular weight excluding hydrogens is 320 g/mol. The lowest BCUT2D eigenvalue weighted by Crippen LogP contribution is -2.33. The second-order valence-corrected chi connectivity index (χ2v) is 6.28. The van der Waals surface area contributed by atoms with Crippen LogP contribution in [0, 0.1) is 6.92 Å². The Labute approximate surface area is 145 Å². The van der Waals surface area contributed by atoms with Gasteiger partial charge in [0, 0.05) is 5.69 Å². The van der Waals surface area contributed by atoms with Crippen LogP contribution in [-0.2, 0) is 11.3 Å². The third kappa shape index (κ3) is 2.59. The van der Waals surface area contributed by atoms with Gasteiger partial charge in [-0.2, -0.15) is 0 Å². The van der Waals surface area contributed by atoms with Gasteiger partial charge in [0.15, 0.2) is 11.5 Å². The number of rotatable bonds is 3. The summed E-state index contributed by atoms with van der Waals surface area (Å²) in [5, 5.41) is 0. The van der Waals surface area contributed by atoms with Crippen LogP contribution in [0.5, 0.6) is 11.5 Å². The summed E-state index contributed by atoms with van der Waals surface area (Å²) in [5.41, 5.74) is 2.65. The number of urea groups is 1. The molecule has 1 atom stereocenters. The van der Waals surface area contributed by atoms with E-state index in [1.54, 1.807) is 13.0 Å². The minimum Gasteiger partial charge on any atom is -0.454 e. The van der Waals surface area contributed by atoms with Crippen molar-refractivity contribution in [1.29, 1.82) is 0 Å². The van der Waals surface area contributed by atoms with Gasteiger partial charge >= 0.3 is 6.03 Å². The van der Waals surface area contributed by atoms with E-state index in [2.05, 4.69) is 0 Å². The van der Waals surface area contributed by atoms with E-state index >= 15 is 0 Å². The normalized spacial score (nSPS) is 19.0. The number of amides is 3. The van der Waals surface area contributed by atoms with E-state index in [-0.39, 0.29) is 25.3 Å². The first-order valence-electron chi connectivity index (χ1n) is 8.14. The van der Waals surface area contributed by atoms with Crippen molar-refractivity contribution in [1.82, 2.24) is 4.90 Å². The van der Waals surface area contributed by atoms with Crippen molar-refractivity contribution in [3.05, 3.63) is 53.6 Å². The molecule has 0 saturated carbocycles. The third-order valence-electron chi connectivity index (χ3n) is 4.54. The van der Waals surface area contributed by atoms with Crippen LogP contribution in [0.15, 0.2) is 42.5 Å². The van der Waals surface area contributed by atoms with Crippen LogP contribution in [0.25, 0.3) is 0 Å². The summed E-state index contributed by atoms with van der Waals surface area (Å²) in [7, 11) is 0. The van der Waals surface area contributed by atoms with Crippen LogP contribution in [0.1, 0.15) is 18.1 Å². The number of fused-ring (bicyclic) bond motifs is 1. The minimum absolute atomic E-state index is 0.193. The average Bonchev–Trinajstić information content (AvgIpc) is 3.15. The molecule has 2 aliphatic heterocycles. The SMILES string of the molecule is Cc1ccc(N2C(=O)N(Cc3ccc4c(c3)OCO4)C(=O)[C@@H]2C)cc1. The molecule has 2 aromatic carbocycles. The number of hydrogen-bond acceptors (Lipinski definition) is 4. The van der Waals surface area contributed by atoms with Crippen LogP contribution >= 0.6 is 0 Å². The Hall–Kier alpha value is -3.02. The lowest BCUT2D eigenvalue weighted by Gasteiger charge is -2.19. The zero-order valence-corrected chi connectivity index (χ0v) is 14.1. The fourth-order valence-electron chi connectivity index (χ4n) is 3.13. The van der Waals surface area contributed by atoms with Crippen molar-refractivity contribution in [3.8, 4) is 11.5 Å². The first-order valence-corrected chi connectivity index (χ1v) is 8.14. The Balaban J connectivity index is 1.59. The van der Waals surface area contributed by atoms with Gasteiger partial charge in [-0.05, 0) is 43.7 Å². The quantitative estimate of drug-likeness (QED) is 0.807. The summed E-state index contributed by atoms with van der Waals surface area (Å²) < 4.78 is 10.6. The van der Waals surface area contributed by atoms with Crippen LogP contribution in [0.2, 0.25) is 0 Å². The highest BCUT2D eigenvalue weighted by molar-refractivity contribution is 6.13. The zero-order chi connectivity index (χ0) is 17.6. The largest absolute Gasteiger partial charge is 0.454 e. The fraction of sp³-hybridized carbons (Fsp3) is 0.263. The molecule has 3 amide bonds. The molecule has 0 unspecified atom stereocenters. The van der Waals surface area contributed by atoms with Crippen LogP contribution in [0.4, 0.5) is 10.5 Å². The summed E-state index contributed by atoms with van der Waals surface area (Å²) in [6.45, 7) is 4.13. The van der Waals surface area contributed by atoms with Gasteiger partial charge < -0.3 is 9.47 Å². The number of ether oxygens (including phenoxy) is 2. The van der Waals surface area contributed by atoms with Crippen LogP contribution < -0.4 is 14.4 Å². The first-order chi connectivity index (χ1) is 12.0. The molecule has 1 saturated heterocycles. The molecule has 0 aromatic heterocycles. The topological polar surface area (TPSA) is 59.1 Å². The van der Waals surface area contributed by atoms with E-state index in [4.69, 9.17) is 9.47 Å². The summed E-state index contributed by atoms with van der Waals surface area (Å²) in [4.78, 5) is 28.3. The Bertz CT molecular complexity index is 847. The molecule has 2 heterocycles. The van der Waals surface area contributed by atoms with Crippen molar-refractivity contribution in [3.63, 3.8) is 0 Å². The summed E-state index contributed by atoms with van der Waals surface area (Å²) >= 11 is 0. The number of anilines is 1. The Morgan fingerprint density at radius 3 is 2.52 bits per heavy atom. The van der Waals surface area contributed by atoms with Gasteiger partial charge in [-0.25, -0.2) is 4.79 Å². The Morgan fingerprint density at radius 2 is 1.76 bits per heavy atom. The molecule has 4 rings (SSSR count). The van der Waals surface area contributed by atoms with Crippen LogP contribution in [-0.4, -0.2) is 29.7 Å². The highest BCUT2D eigenvalue weighted by Gasteiger charge is 2.43. The second kappa shape index (κ2) is 5.81. The maximum atomic E-state index is 12.8. The first kappa shape index (κ1) is 15.5. The lowest BCUT2D eigenvalue weighted by molar-refractivity contribution is -0.127. The minimum atomic E-state index is -0.524. The predicted molar refractivity (Wildman–Crippen MR) is 91.6 cm³/mol. The molecule has 0 aliphatic carbocycles. The number of nitrogens with zero attached hydrogens (tertiary/aromatic N) is 2. The number of carbonyl (C=O) groups excluding carboxylic acids is 2. The highest BCUT2D eigenvalue weighted by atomic mass is 16.7. The molecule has 25 heavy (non-hydrogen) atoms. The molecule has 128 valence electrons. The van der Waals surface area contributed by atoms with Crippen molar-refractivity contribution in [2.75, 3.05) is 11.7 Å². The van der Waals surface area contributed by atoms with Gasteiger partial charge in [-0.1, -0.05) is 23.8 Å². The van der Waals surface area contributed by atoms with E-state index in [0.717, 1.165) is 16.8 Å². The highest BCUT2D eigenvalue weighted by Crippen LogP contribution is 2.34. The van der Waals surface area contributed by atoms with E-state index in [1.165, 1.54) is 9.80 Å². The maximum Gasteiger partial charge on any atom is 0.332 e. The zero-order valence-electron chi connectivity index (χ0n) is 14.1. The molecule has 6 heteroatoms. The predicted octanol–water partition coefficient (Wildman–Crippen LogP) is 3.08. The molecule has 1 fully saturated rings. The van der Waals surface area contributed by atoms with Gasteiger partial charge in [0.25, 0.3) is 5.91 Å².